The van der Waals surface area contributed by atoms with Crippen LogP contribution >= 0.6 is 27.5 Å². The summed E-state index contributed by atoms with van der Waals surface area (Å²) in [6.07, 6.45) is 0. The van der Waals surface area contributed by atoms with E-state index < -0.39 is 11.7 Å². The Labute approximate surface area is 133 Å². The molecule has 2 aromatic rings. The zero-order valence-electron chi connectivity index (χ0n) is 10.9. The minimum atomic E-state index is -0.515. The van der Waals surface area contributed by atoms with Crippen LogP contribution in [-0.2, 0) is 0 Å². The van der Waals surface area contributed by atoms with Crippen molar-refractivity contribution in [3.8, 4) is 0 Å². The Morgan fingerprint density at radius 3 is 2.81 bits per heavy atom. The highest BCUT2D eigenvalue weighted by atomic mass is 79.9. The lowest BCUT2D eigenvalue weighted by Crippen LogP contribution is -2.17. The number of nitrogens with one attached hydrogen (secondary N) is 2. The standard InChI is InChI=1S/C13H11BrClFN4O/c1-6-4-9(16)7(14)5-10(6)18-13(21)12-8(15)2-3-11(19-12)20-17/h2-5H,17H2,1H3,(H,18,21)(H,19,20). The van der Waals surface area contributed by atoms with E-state index in [1.807, 2.05) is 0 Å². The predicted octanol–water partition coefficient (Wildman–Crippen LogP) is 3.48. The summed E-state index contributed by atoms with van der Waals surface area (Å²) in [6, 6.07) is 5.83. The topological polar surface area (TPSA) is 80.0 Å². The number of amides is 1. The lowest BCUT2D eigenvalue weighted by molar-refractivity contribution is 0.102. The number of hydrazine groups is 1. The normalized spacial score (nSPS) is 10.3. The van der Waals surface area contributed by atoms with Crippen molar-refractivity contribution in [2.45, 2.75) is 6.92 Å². The van der Waals surface area contributed by atoms with E-state index in [1.54, 1.807) is 13.0 Å². The minimum Gasteiger partial charge on any atom is -0.320 e. The molecule has 0 aliphatic carbocycles. The lowest BCUT2D eigenvalue weighted by atomic mass is 10.2. The van der Waals surface area contributed by atoms with Crippen LogP contribution in [0.15, 0.2) is 28.7 Å². The van der Waals surface area contributed by atoms with Crippen LogP contribution in [0.3, 0.4) is 0 Å². The van der Waals surface area contributed by atoms with E-state index in [4.69, 9.17) is 17.4 Å². The Morgan fingerprint density at radius 2 is 2.14 bits per heavy atom. The molecule has 8 heteroatoms. The average molecular weight is 374 g/mol. The molecule has 5 nitrogen and oxygen atoms in total. The Morgan fingerprint density at radius 1 is 1.43 bits per heavy atom. The number of benzene rings is 1. The van der Waals surface area contributed by atoms with Gasteiger partial charge in [-0.2, -0.15) is 0 Å². The number of carbonyl (C=O) groups is 1. The van der Waals surface area contributed by atoms with Crippen LogP contribution in [0, 0.1) is 12.7 Å². The number of aromatic nitrogens is 1. The van der Waals surface area contributed by atoms with Gasteiger partial charge in [-0.3, -0.25) is 4.79 Å². The number of nitrogens with zero attached hydrogens (tertiary/aromatic N) is 1. The van der Waals surface area contributed by atoms with Crippen LogP contribution in [0.25, 0.3) is 0 Å². The molecule has 2 rings (SSSR count). The number of hydrogen-bond donors (Lipinski definition) is 3. The number of halogens is 3. The van der Waals surface area contributed by atoms with Gasteiger partial charge in [-0.25, -0.2) is 15.2 Å². The average Bonchev–Trinajstić information content (AvgIpc) is 2.45. The van der Waals surface area contributed by atoms with Crippen LogP contribution < -0.4 is 16.6 Å². The largest absolute Gasteiger partial charge is 0.320 e. The molecule has 0 spiro atoms. The molecular formula is C13H11BrClFN4O. The number of anilines is 2. The summed E-state index contributed by atoms with van der Waals surface area (Å²) in [4.78, 5) is 16.2. The van der Waals surface area contributed by atoms with Gasteiger partial charge >= 0.3 is 0 Å². The maximum atomic E-state index is 13.4. The fourth-order valence-corrected chi connectivity index (χ4v) is 2.18. The van der Waals surface area contributed by atoms with Gasteiger partial charge in [-0.1, -0.05) is 11.6 Å². The molecule has 0 aliphatic rings. The van der Waals surface area contributed by atoms with E-state index in [0.29, 0.717) is 17.1 Å². The van der Waals surface area contributed by atoms with E-state index in [-0.39, 0.29) is 15.2 Å². The molecule has 1 aromatic heterocycles. The van der Waals surface area contributed by atoms with E-state index in [0.717, 1.165) is 0 Å². The summed E-state index contributed by atoms with van der Waals surface area (Å²) >= 11 is 9.02. The van der Waals surface area contributed by atoms with Crippen molar-refractivity contribution in [2.75, 3.05) is 10.7 Å². The first-order chi connectivity index (χ1) is 9.92. The molecule has 0 atom stereocenters. The highest BCUT2D eigenvalue weighted by molar-refractivity contribution is 9.10. The second-order valence-corrected chi connectivity index (χ2v) is 5.47. The molecule has 0 radical (unpaired) electrons. The fourth-order valence-electron chi connectivity index (χ4n) is 1.64. The van der Waals surface area contributed by atoms with E-state index >= 15 is 0 Å². The number of hydrogen-bond acceptors (Lipinski definition) is 4. The van der Waals surface area contributed by atoms with Crippen molar-refractivity contribution >= 4 is 44.9 Å². The van der Waals surface area contributed by atoms with Gasteiger partial charge in [-0.05, 0) is 52.7 Å². The third kappa shape index (κ3) is 3.49. The summed E-state index contributed by atoms with van der Waals surface area (Å²) in [6.45, 7) is 1.68. The molecule has 1 aromatic carbocycles. The summed E-state index contributed by atoms with van der Waals surface area (Å²) < 4.78 is 13.6. The number of carbonyl (C=O) groups excluding carboxylic acids is 1. The third-order valence-corrected chi connectivity index (χ3v) is 3.64. The van der Waals surface area contributed by atoms with Gasteiger partial charge in [0.15, 0.2) is 0 Å². The summed E-state index contributed by atoms with van der Waals surface area (Å²) in [5, 5.41) is 2.82. The molecule has 0 saturated carbocycles. The van der Waals surface area contributed by atoms with Crippen molar-refractivity contribution in [2.24, 2.45) is 5.84 Å². The van der Waals surface area contributed by atoms with Crippen LogP contribution in [0.1, 0.15) is 16.1 Å². The fraction of sp³-hybridized carbons (Fsp3) is 0.0769. The van der Waals surface area contributed by atoms with Crippen molar-refractivity contribution < 1.29 is 9.18 Å². The summed E-state index contributed by atoms with van der Waals surface area (Å²) in [7, 11) is 0. The van der Waals surface area contributed by atoms with Gasteiger partial charge in [0.2, 0.25) is 0 Å². The Bertz CT molecular complexity index is 711. The molecule has 0 saturated heterocycles. The first-order valence-electron chi connectivity index (χ1n) is 5.82. The molecule has 1 amide bonds. The van der Waals surface area contributed by atoms with Gasteiger partial charge in [0.05, 0.1) is 9.50 Å². The molecule has 0 aliphatic heterocycles. The second-order valence-electron chi connectivity index (χ2n) is 4.21. The number of nitrogen functional groups attached to an aromatic ring is 1. The van der Waals surface area contributed by atoms with E-state index in [9.17, 15) is 9.18 Å². The van der Waals surface area contributed by atoms with Gasteiger partial charge in [0.1, 0.15) is 17.3 Å². The van der Waals surface area contributed by atoms with Crippen LogP contribution in [-0.4, -0.2) is 10.9 Å². The SMILES string of the molecule is Cc1cc(F)c(Br)cc1NC(=O)c1nc(NN)ccc1Cl. The molecular weight excluding hydrogens is 363 g/mol. The zero-order valence-corrected chi connectivity index (χ0v) is 13.2. The Kier molecular flexibility index (Phi) is 4.76. The minimum absolute atomic E-state index is 0.0203. The second kappa shape index (κ2) is 6.38. The van der Waals surface area contributed by atoms with E-state index in [2.05, 4.69) is 31.7 Å². The first kappa shape index (κ1) is 15.7. The molecule has 1 heterocycles. The van der Waals surface area contributed by atoms with Gasteiger partial charge in [0, 0.05) is 5.69 Å². The molecule has 0 bridgehead atoms. The summed E-state index contributed by atoms with van der Waals surface area (Å²) in [5.41, 5.74) is 3.39. The van der Waals surface area contributed by atoms with Crippen molar-refractivity contribution in [3.05, 3.63) is 50.8 Å². The van der Waals surface area contributed by atoms with Crippen molar-refractivity contribution in [1.29, 1.82) is 0 Å². The number of pyridine rings is 1. The van der Waals surface area contributed by atoms with Gasteiger partial charge < -0.3 is 10.7 Å². The lowest BCUT2D eigenvalue weighted by Gasteiger charge is -2.11. The van der Waals surface area contributed by atoms with E-state index in [1.165, 1.54) is 18.2 Å². The smallest absolute Gasteiger partial charge is 0.275 e. The highest BCUT2D eigenvalue weighted by Gasteiger charge is 2.15. The third-order valence-electron chi connectivity index (χ3n) is 2.72. The van der Waals surface area contributed by atoms with Crippen LogP contribution in [0.5, 0.6) is 0 Å². The molecule has 0 fully saturated rings. The zero-order chi connectivity index (χ0) is 15.6. The Balaban J connectivity index is 2.32. The molecule has 21 heavy (non-hydrogen) atoms. The first-order valence-corrected chi connectivity index (χ1v) is 6.99. The Hall–Kier alpha value is -1.70. The number of rotatable bonds is 3. The van der Waals surface area contributed by atoms with Gasteiger partial charge in [-0.15, -0.1) is 0 Å². The quantitative estimate of drug-likeness (QED) is 0.568. The van der Waals surface area contributed by atoms with Crippen LogP contribution in [0.4, 0.5) is 15.9 Å². The van der Waals surface area contributed by atoms with Crippen LogP contribution in [0.2, 0.25) is 5.02 Å². The summed E-state index contributed by atoms with van der Waals surface area (Å²) in [5.74, 6) is 4.63. The van der Waals surface area contributed by atoms with Crippen molar-refractivity contribution in [1.82, 2.24) is 4.98 Å². The monoisotopic (exact) mass is 372 g/mol. The molecule has 110 valence electrons. The van der Waals surface area contributed by atoms with Gasteiger partial charge in [0.25, 0.3) is 5.91 Å². The number of aryl methyl sites for hydroxylation is 1. The molecule has 4 N–H and O–H groups in total. The predicted molar refractivity (Wildman–Crippen MR) is 83.8 cm³/mol. The highest BCUT2D eigenvalue weighted by Crippen LogP contribution is 2.25. The molecule has 0 unspecified atom stereocenters. The maximum absolute atomic E-state index is 13.4. The number of nitrogens with two attached hydrogens (primary N) is 1. The van der Waals surface area contributed by atoms with Crippen molar-refractivity contribution in [3.63, 3.8) is 0 Å². The maximum Gasteiger partial charge on any atom is 0.275 e.